The van der Waals surface area contributed by atoms with E-state index in [1.807, 2.05) is 6.92 Å². The quantitative estimate of drug-likeness (QED) is 0.602. The van der Waals surface area contributed by atoms with E-state index in [2.05, 4.69) is 0 Å². The van der Waals surface area contributed by atoms with Crippen LogP contribution >= 0.6 is 0 Å². The zero-order valence-corrected chi connectivity index (χ0v) is 14.6. The van der Waals surface area contributed by atoms with Crippen LogP contribution in [0.15, 0.2) is 53.4 Å². The number of benzene rings is 2. The number of aryl methyl sites for hydroxylation is 1. The van der Waals surface area contributed by atoms with E-state index in [0.717, 1.165) is 15.4 Å². The third-order valence-electron chi connectivity index (χ3n) is 4.42. The molecule has 132 valence electrons. The molecule has 0 saturated carbocycles. The van der Waals surface area contributed by atoms with E-state index < -0.39 is 27.0 Å². The Balaban J connectivity index is 1.88. The molecule has 2 atom stereocenters. The third-order valence-corrected chi connectivity index (χ3v) is 6.27. The van der Waals surface area contributed by atoms with Crippen LogP contribution in [0.5, 0.6) is 5.75 Å². The van der Waals surface area contributed by atoms with Crippen LogP contribution in [0.25, 0.3) is 0 Å². The molecule has 2 aromatic rings. The van der Waals surface area contributed by atoms with E-state index in [0.29, 0.717) is 5.75 Å². The summed E-state index contributed by atoms with van der Waals surface area (Å²) < 4.78 is 31.5. The summed E-state index contributed by atoms with van der Waals surface area (Å²) in [6.07, 6.45) is -1.31. The number of hydrogen-bond acceptors (Lipinski definition) is 5. The minimum atomic E-state index is -3.90. The highest BCUT2D eigenvalue weighted by atomic mass is 32.2. The summed E-state index contributed by atoms with van der Waals surface area (Å²) in [5.41, 5.74) is 1.64. The van der Waals surface area contributed by atoms with Gasteiger partial charge in [0, 0.05) is 11.5 Å². The largest absolute Gasteiger partial charge is 0.497 e. The second-order valence-electron chi connectivity index (χ2n) is 5.97. The minimum Gasteiger partial charge on any atom is -0.497 e. The fraction of sp³-hybridized carbons (Fsp3) is 0.294. The summed E-state index contributed by atoms with van der Waals surface area (Å²) in [5.74, 6) is 0.158. The summed E-state index contributed by atoms with van der Waals surface area (Å²) >= 11 is 0. The van der Waals surface area contributed by atoms with Gasteiger partial charge >= 0.3 is 0 Å². The molecule has 0 amide bonds. The normalized spacial score (nSPS) is 20.7. The highest BCUT2D eigenvalue weighted by molar-refractivity contribution is 7.89. The van der Waals surface area contributed by atoms with Gasteiger partial charge in [0.2, 0.25) is 10.0 Å². The average molecular weight is 362 g/mol. The maximum atomic E-state index is 12.7. The van der Waals surface area contributed by atoms with Crippen LogP contribution in [0.3, 0.4) is 0 Å². The molecule has 1 heterocycles. The Morgan fingerprint density at radius 1 is 1.12 bits per heavy atom. The van der Waals surface area contributed by atoms with Gasteiger partial charge in [-0.15, -0.1) is 4.31 Å². The Morgan fingerprint density at radius 3 is 2.24 bits per heavy atom. The summed E-state index contributed by atoms with van der Waals surface area (Å²) in [6, 6.07) is 13.2. The molecule has 1 saturated heterocycles. The smallest absolute Gasteiger partial charge is 0.289 e. The van der Waals surface area contributed by atoms with Gasteiger partial charge in [-0.2, -0.15) is 0 Å². The fourth-order valence-corrected chi connectivity index (χ4v) is 4.54. The molecule has 3 rings (SSSR count). The summed E-state index contributed by atoms with van der Waals surface area (Å²) in [6.45, 7) is 1.92. The molecule has 0 radical (unpaired) electrons. The molecular formula is C17H18N2O5S. The molecule has 0 N–H and O–H groups in total. The lowest BCUT2D eigenvalue weighted by atomic mass is 9.90. The van der Waals surface area contributed by atoms with Crippen molar-refractivity contribution in [3.05, 3.63) is 69.8 Å². The van der Waals surface area contributed by atoms with Crippen molar-refractivity contribution < 1.29 is 18.1 Å². The van der Waals surface area contributed by atoms with Gasteiger partial charge in [-0.05, 0) is 36.8 Å². The van der Waals surface area contributed by atoms with Crippen LogP contribution in [0.4, 0.5) is 0 Å². The Morgan fingerprint density at radius 2 is 1.72 bits per heavy atom. The van der Waals surface area contributed by atoms with Gasteiger partial charge < -0.3 is 4.74 Å². The maximum Gasteiger partial charge on any atom is 0.289 e. The second kappa shape index (κ2) is 6.45. The van der Waals surface area contributed by atoms with Crippen molar-refractivity contribution in [3.8, 4) is 5.75 Å². The number of sulfonamides is 1. The predicted octanol–water partition coefficient (Wildman–Crippen LogP) is 2.39. The lowest BCUT2D eigenvalue weighted by Crippen LogP contribution is -2.60. The molecule has 1 aliphatic heterocycles. The number of ether oxygens (including phenoxy) is 1. The lowest BCUT2D eigenvalue weighted by molar-refractivity contribution is -0.563. The van der Waals surface area contributed by atoms with Gasteiger partial charge in [0.25, 0.3) is 6.17 Å². The van der Waals surface area contributed by atoms with Crippen molar-refractivity contribution in [2.75, 3.05) is 13.7 Å². The van der Waals surface area contributed by atoms with Crippen LogP contribution < -0.4 is 4.74 Å². The summed E-state index contributed by atoms with van der Waals surface area (Å²) in [5, 5.41) is 11.5. The first-order chi connectivity index (χ1) is 11.8. The van der Waals surface area contributed by atoms with Gasteiger partial charge in [0.1, 0.15) is 5.75 Å². The zero-order chi connectivity index (χ0) is 18.2. The highest BCUT2D eigenvalue weighted by Crippen LogP contribution is 2.39. The van der Waals surface area contributed by atoms with E-state index in [4.69, 9.17) is 4.74 Å². The maximum absolute atomic E-state index is 12.7. The predicted molar refractivity (Wildman–Crippen MR) is 91.6 cm³/mol. The molecular weight excluding hydrogens is 344 g/mol. The molecule has 0 aromatic heterocycles. The first kappa shape index (κ1) is 17.4. The van der Waals surface area contributed by atoms with E-state index >= 15 is 0 Å². The van der Waals surface area contributed by atoms with E-state index in [1.165, 1.54) is 19.2 Å². The van der Waals surface area contributed by atoms with Gasteiger partial charge in [0.05, 0.1) is 17.9 Å². The fourth-order valence-electron chi connectivity index (χ4n) is 2.93. The first-order valence-electron chi connectivity index (χ1n) is 7.70. The number of methoxy groups -OCH3 is 1. The van der Waals surface area contributed by atoms with Crippen molar-refractivity contribution in [2.45, 2.75) is 23.9 Å². The van der Waals surface area contributed by atoms with Gasteiger partial charge in [0.15, 0.2) is 0 Å². The molecule has 8 heteroatoms. The molecule has 7 nitrogen and oxygen atoms in total. The van der Waals surface area contributed by atoms with Crippen LogP contribution in [0.2, 0.25) is 0 Å². The summed E-state index contributed by atoms with van der Waals surface area (Å²) in [7, 11) is -2.36. The molecule has 2 aromatic carbocycles. The Labute approximate surface area is 146 Å². The van der Waals surface area contributed by atoms with Gasteiger partial charge in [-0.25, -0.2) is 8.42 Å². The van der Waals surface area contributed by atoms with Crippen LogP contribution in [-0.2, 0) is 10.0 Å². The van der Waals surface area contributed by atoms with Crippen molar-refractivity contribution in [3.63, 3.8) is 0 Å². The standard InChI is InChI=1S/C17H18N2O5S/c1-12-3-9-15(10-4-12)25(22,23)18-11-16(17(18)19(20)21)13-5-7-14(24-2)8-6-13/h3-10,16-17H,11H2,1-2H3/t16-,17-/m0/s1. The number of rotatable bonds is 5. The van der Waals surface area contributed by atoms with Crippen molar-refractivity contribution in [1.29, 1.82) is 0 Å². The van der Waals surface area contributed by atoms with Crippen molar-refractivity contribution >= 4 is 10.0 Å². The summed E-state index contributed by atoms with van der Waals surface area (Å²) in [4.78, 5) is 11.0. The molecule has 1 fully saturated rings. The number of nitrogens with zero attached hydrogens (tertiary/aromatic N) is 2. The third kappa shape index (κ3) is 3.10. The Bertz CT molecular complexity index is 878. The van der Waals surface area contributed by atoms with Crippen molar-refractivity contribution in [1.82, 2.24) is 4.31 Å². The molecule has 0 unspecified atom stereocenters. The molecule has 1 aliphatic rings. The van der Waals surface area contributed by atoms with E-state index in [1.54, 1.807) is 36.4 Å². The average Bonchev–Trinajstić information content (AvgIpc) is 2.54. The SMILES string of the molecule is COc1ccc([C@@H]2CN(S(=O)(=O)c3ccc(C)cc3)[C@H]2[N+](=O)[O-])cc1. The zero-order valence-electron chi connectivity index (χ0n) is 13.8. The van der Waals surface area contributed by atoms with Crippen LogP contribution in [0.1, 0.15) is 17.0 Å². The van der Waals surface area contributed by atoms with Crippen molar-refractivity contribution in [2.24, 2.45) is 0 Å². The number of hydrogen-bond donors (Lipinski definition) is 0. The first-order valence-corrected chi connectivity index (χ1v) is 9.14. The molecule has 25 heavy (non-hydrogen) atoms. The lowest BCUT2D eigenvalue weighted by Gasteiger charge is -2.40. The Hall–Kier alpha value is -2.45. The van der Waals surface area contributed by atoms with E-state index in [9.17, 15) is 18.5 Å². The topological polar surface area (TPSA) is 89.8 Å². The van der Waals surface area contributed by atoms with Gasteiger partial charge in [-0.3, -0.25) is 10.1 Å². The monoisotopic (exact) mass is 362 g/mol. The molecule has 0 aliphatic carbocycles. The molecule has 0 spiro atoms. The Kier molecular flexibility index (Phi) is 4.49. The van der Waals surface area contributed by atoms with Gasteiger partial charge in [-0.1, -0.05) is 29.8 Å². The number of nitro groups is 1. The molecule has 0 bridgehead atoms. The van der Waals surface area contributed by atoms with E-state index in [-0.39, 0.29) is 11.4 Å². The second-order valence-corrected chi connectivity index (χ2v) is 7.86. The van der Waals surface area contributed by atoms with Crippen LogP contribution in [-0.4, -0.2) is 37.5 Å². The van der Waals surface area contributed by atoms with Crippen LogP contribution in [0, 0.1) is 17.0 Å². The highest BCUT2D eigenvalue weighted by Gasteiger charge is 2.55. The minimum absolute atomic E-state index is 0.0677.